The lowest BCUT2D eigenvalue weighted by atomic mass is 9.95. The summed E-state index contributed by atoms with van der Waals surface area (Å²) in [5.41, 5.74) is 5.95. The van der Waals surface area contributed by atoms with Gasteiger partial charge in [-0.1, -0.05) is 26.2 Å². The molecule has 15 heavy (non-hydrogen) atoms. The van der Waals surface area contributed by atoms with Crippen molar-refractivity contribution in [2.24, 2.45) is 11.7 Å². The first-order valence-corrected chi connectivity index (χ1v) is 6.62. The van der Waals surface area contributed by atoms with Crippen molar-refractivity contribution in [2.45, 2.75) is 64.5 Å². The van der Waals surface area contributed by atoms with Crippen molar-refractivity contribution in [1.82, 2.24) is 4.90 Å². The van der Waals surface area contributed by atoms with E-state index < -0.39 is 0 Å². The van der Waals surface area contributed by atoms with E-state index >= 15 is 0 Å². The minimum Gasteiger partial charge on any atom is -0.329 e. The third-order valence-corrected chi connectivity index (χ3v) is 4.11. The summed E-state index contributed by atoms with van der Waals surface area (Å²) in [4.78, 5) is 2.53. The van der Waals surface area contributed by atoms with Crippen LogP contribution >= 0.6 is 0 Å². The predicted molar refractivity (Wildman–Crippen MR) is 66.9 cm³/mol. The zero-order valence-corrected chi connectivity index (χ0v) is 10.7. The molecule has 0 radical (unpaired) electrons. The lowest BCUT2D eigenvalue weighted by molar-refractivity contribution is 0.131. The van der Waals surface area contributed by atoms with Gasteiger partial charge in [0, 0.05) is 18.6 Å². The highest BCUT2D eigenvalue weighted by molar-refractivity contribution is 4.84. The summed E-state index contributed by atoms with van der Waals surface area (Å²) >= 11 is 0. The lowest BCUT2D eigenvalue weighted by Gasteiger charge is -2.36. The third kappa shape index (κ3) is 3.46. The number of likely N-dealkylation sites (N-methyl/N-ethyl adjacent to an activating group) is 1. The van der Waals surface area contributed by atoms with Crippen molar-refractivity contribution in [3.05, 3.63) is 0 Å². The second kappa shape index (κ2) is 6.49. The fourth-order valence-corrected chi connectivity index (χ4v) is 2.98. The average molecular weight is 212 g/mol. The van der Waals surface area contributed by atoms with Crippen LogP contribution in [0.3, 0.4) is 0 Å². The molecule has 1 aliphatic rings. The van der Waals surface area contributed by atoms with E-state index in [0.29, 0.717) is 12.1 Å². The summed E-state index contributed by atoms with van der Waals surface area (Å²) in [6, 6.07) is 1.30. The molecule has 1 aliphatic carbocycles. The molecule has 0 saturated heterocycles. The number of hydrogen-bond acceptors (Lipinski definition) is 2. The van der Waals surface area contributed by atoms with Crippen LogP contribution in [-0.2, 0) is 0 Å². The fourth-order valence-electron chi connectivity index (χ4n) is 2.98. The standard InChI is InChI=1S/C13H28N2/c1-4-7-11(2)15(3)13(10-14)12-8-5-6-9-12/h11-13H,4-10,14H2,1-3H3. The average Bonchev–Trinajstić information content (AvgIpc) is 2.72. The maximum Gasteiger partial charge on any atom is 0.0246 e. The molecule has 0 aromatic carbocycles. The molecule has 1 rings (SSSR count). The minimum absolute atomic E-state index is 0.619. The summed E-state index contributed by atoms with van der Waals surface area (Å²) in [5, 5.41) is 0. The first kappa shape index (κ1) is 13.0. The number of nitrogens with two attached hydrogens (primary N) is 1. The number of rotatable bonds is 6. The Bertz CT molecular complexity index is 164. The quantitative estimate of drug-likeness (QED) is 0.733. The molecule has 2 unspecified atom stereocenters. The highest BCUT2D eigenvalue weighted by atomic mass is 15.2. The van der Waals surface area contributed by atoms with Gasteiger partial charge in [-0.15, -0.1) is 0 Å². The van der Waals surface area contributed by atoms with Crippen LogP contribution in [0, 0.1) is 5.92 Å². The molecular formula is C13H28N2. The van der Waals surface area contributed by atoms with E-state index in [1.54, 1.807) is 0 Å². The lowest BCUT2D eigenvalue weighted by Crippen LogP contribution is -2.46. The van der Waals surface area contributed by atoms with Gasteiger partial charge in [-0.25, -0.2) is 0 Å². The molecule has 0 heterocycles. The molecule has 2 N–H and O–H groups in total. The van der Waals surface area contributed by atoms with Gasteiger partial charge in [0.15, 0.2) is 0 Å². The van der Waals surface area contributed by atoms with E-state index in [0.717, 1.165) is 12.5 Å². The van der Waals surface area contributed by atoms with Crippen LogP contribution in [0.1, 0.15) is 52.4 Å². The van der Waals surface area contributed by atoms with E-state index in [9.17, 15) is 0 Å². The van der Waals surface area contributed by atoms with Crippen molar-refractivity contribution in [3.63, 3.8) is 0 Å². The van der Waals surface area contributed by atoms with Gasteiger partial charge in [-0.05, 0) is 39.2 Å². The Hall–Kier alpha value is -0.0800. The molecule has 0 spiro atoms. The van der Waals surface area contributed by atoms with Crippen LogP contribution in [0.25, 0.3) is 0 Å². The maximum atomic E-state index is 5.95. The largest absolute Gasteiger partial charge is 0.329 e. The second-order valence-electron chi connectivity index (χ2n) is 5.15. The summed E-state index contributed by atoms with van der Waals surface area (Å²) in [7, 11) is 2.26. The number of hydrogen-bond donors (Lipinski definition) is 1. The van der Waals surface area contributed by atoms with E-state index in [1.807, 2.05) is 0 Å². The molecule has 0 bridgehead atoms. The normalized spacial score (nSPS) is 22.2. The van der Waals surface area contributed by atoms with Gasteiger partial charge in [0.25, 0.3) is 0 Å². The first-order chi connectivity index (χ1) is 7.20. The molecule has 0 aromatic heterocycles. The Morgan fingerprint density at radius 1 is 1.33 bits per heavy atom. The Labute approximate surface area is 95.2 Å². The predicted octanol–water partition coefficient (Wildman–Crippen LogP) is 2.62. The van der Waals surface area contributed by atoms with E-state index in [4.69, 9.17) is 5.73 Å². The van der Waals surface area contributed by atoms with Crippen LogP contribution < -0.4 is 5.73 Å². The van der Waals surface area contributed by atoms with Gasteiger partial charge in [0.05, 0.1) is 0 Å². The summed E-state index contributed by atoms with van der Waals surface area (Å²) in [6.07, 6.45) is 8.18. The molecule has 1 fully saturated rings. The summed E-state index contributed by atoms with van der Waals surface area (Å²) in [6.45, 7) is 5.42. The topological polar surface area (TPSA) is 29.3 Å². The van der Waals surface area contributed by atoms with E-state index in [-0.39, 0.29) is 0 Å². The van der Waals surface area contributed by atoms with Gasteiger partial charge in [-0.2, -0.15) is 0 Å². The van der Waals surface area contributed by atoms with Crippen molar-refractivity contribution >= 4 is 0 Å². The number of nitrogens with zero attached hydrogens (tertiary/aromatic N) is 1. The van der Waals surface area contributed by atoms with Crippen molar-refractivity contribution in [2.75, 3.05) is 13.6 Å². The Kier molecular flexibility index (Phi) is 5.62. The van der Waals surface area contributed by atoms with Gasteiger partial charge in [-0.3, -0.25) is 4.90 Å². The van der Waals surface area contributed by atoms with Gasteiger partial charge < -0.3 is 5.73 Å². The minimum atomic E-state index is 0.619. The Morgan fingerprint density at radius 3 is 2.40 bits per heavy atom. The van der Waals surface area contributed by atoms with Crippen LogP contribution in [0.5, 0.6) is 0 Å². The van der Waals surface area contributed by atoms with Crippen molar-refractivity contribution < 1.29 is 0 Å². The van der Waals surface area contributed by atoms with E-state index in [2.05, 4.69) is 25.8 Å². The fraction of sp³-hybridized carbons (Fsp3) is 1.00. The molecule has 2 heteroatoms. The molecular weight excluding hydrogens is 184 g/mol. The monoisotopic (exact) mass is 212 g/mol. The second-order valence-corrected chi connectivity index (χ2v) is 5.15. The molecule has 2 atom stereocenters. The third-order valence-electron chi connectivity index (χ3n) is 4.11. The molecule has 1 saturated carbocycles. The smallest absolute Gasteiger partial charge is 0.0246 e. The van der Waals surface area contributed by atoms with Crippen molar-refractivity contribution in [3.8, 4) is 0 Å². The molecule has 2 nitrogen and oxygen atoms in total. The Morgan fingerprint density at radius 2 is 1.93 bits per heavy atom. The zero-order valence-electron chi connectivity index (χ0n) is 10.7. The van der Waals surface area contributed by atoms with Crippen molar-refractivity contribution in [1.29, 1.82) is 0 Å². The first-order valence-electron chi connectivity index (χ1n) is 6.62. The molecule has 0 amide bonds. The summed E-state index contributed by atoms with van der Waals surface area (Å²) in [5.74, 6) is 0.860. The highest BCUT2D eigenvalue weighted by Crippen LogP contribution is 2.30. The van der Waals surface area contributed by atoms with Gasteiger partial charge in [0.2, 0.25) is 0 Å². The van der Waals surface area contributed by atoms with Crippen LogP contribution in [0.4, 0.5) is 0 Å². The molecule has 0 aliphatic heterocycles. The highest BCUT2D eigenvalue weighted by Gasteiger charge is 2.28. The van der Waals surface area contributed by atoms with E-state index in [1.165, 1.54) is 38.5 Å². The SMILES string of the molecule is CCCC(C)N(C)C(CN)C1CCCC1. The van der Waals surface area contributed by atoms with Crippen LogP contribution in [0.2, 0.25) is 0 Å². The van der Waals surface area contributed by atoms with Crippen LogP contribution in [0.15, 0.2) is 0 Å². The van der Waals surface area contributed by atoms with Gasteiger partial charge in [0.1, 0.15) is 0 Å². The Balaban J connectivity index is 2.48. The summed E-state index contributed by atoms with van der Waals surface area (Å²) < 4.78 is 0. The molecule has 0 aromatic rings. The zero-order chi connectivity index (χ0) is 11.3. The molecule has 90 valence electrons. The maximum absolute atomic E-state index is 5.95. The van der Waals surface area contributed by atoms with Gasteiger partial charge >= 0.3 is 0 Å². The van der Waals surface area contributed by atoms with Crippen LogP contribution in [-0.4, -0.2) is 30.6 Å².